The van der Waals surface area contributed by atoms with Gasteiger partial charge in [0.15, 0.2) is 0 Å². The summed E-state index contributed by atoms with van der Waals surface area (Å²) in [4.78, 5) is 0. The third-order valence-electron chi connectivity index (χ3n) is 3.34. The van der Waals surface area contributed by atoms with Gasteiger partial charge < -0.3 is 23.9 Å². The van der Waals surface area contributed by atoms with E-state index in [0.717, 1.165) is 11.8 Å². The summed E-state index contributed by atoms with van der Waals surface area (Å²) in [6, 6.07) is 0. The van der Waals surface area contributed by atoms with Crippen LogP contribution in [0.25, 0.3) is 0 Å². The minimum Gasteiger partial charge on any atom is -1.00 e. The van der Waals surface area contributed by atoms with Crippen LogP contribution in [0.4, 0.5) is 0 Å². The van der Waals surface area contributed by atoms with Crippen LogP contribution in [-0.4, -0.2) is 23.1 Å². The Morgan fingerprint density at radius 3 is 2.00 bits per heavy atom. The van der Waals surface area contributed by atoms with Crippen LogP contribution in [0.3, 0.4) is 0 Å². The first kappa shape index (κ1) is 17.6. The van der Waals surface area contributed by atoms with Gasteiger partial charge in [-0.2, -0.15) is 6.42 Å². The summed E-state index contributed by atoms with van der Waals surface area (Å²) >= 11 is 0. The van der Waals surface area contributed by atoms with E-state index in [2.05, 4.69) is 13.8 Å². The SMILES string of the molecule is [Br-].[CH2-]CC1CCC(CCCC)CC1.[Mg+2]. The first-order valence-corrected chi connectivity index (χ1v) is 5.66. The fraction of sp³-hybridized carbons (Fsp3) is 0.917. The molecule has 0 bridgehead atoms. The van der Waals surface area contributed by atoms with Gasteiger partial charge in [0.2, 0.25) is 0 Å². The zero-order valence-electron chi connectivity index (χ0n) is 9.60. The van der Waals surface area contributed by atoms with Crippen LogP contribution in [0.15, 0.2) is 0 Å². The monoisotopic (exact) mass is 270 g/mol. The number of rotatable bonds is 4. The van der Waals surface area contributed by atoms with E-state index in [4.69, 9.17) is 0 Å². The number of unbranched alkanes of at least 4 members (excludes halogenated alkanes) is 1. The molecule has 1 saturated carbocycles. The van der Waals surface area contributed by atoms with Crippen molar-refractivity contribution in [1.29, 1.82) is 0 Å². The molecule has 1 rings (SSSR count). The first-order chi connectivity index (χ1) is 5.86. The second-order valence-electron chi connectivity index (χ2n) is 4.32. The van der Waals surface area contributed by atoms with Gasteiger partial charge in [0.1, 0.15) is 0 Å². The average Bonchev–Trinajstić information content (AvgIpc) is 2.15. The minimum absolute atomic E-state index is 0. The van der Waals surface area contributed by atoms with Crippen molar-refractivity contribution in [3.8, 4) is 0 Å². The molecule has 0 aromatic carbocycles. The maximum absolute atomic E-state index is 4.00. The van der Waals surface area contributed by atoms with Crippen molar-refractivity contribution < 1.29 is 17.0 Å². The van der Waals surface area contributed by atoms with Gasteiger partial charge in [-0.05, 0) is 5.92 Å². The molecular weight excluding hydrogens is 248 g/mol. The molecule has 0 aliphatic heterocycles. The van der Waals surface area contributed by atoms with Crippen LogP contribution in [0.5, 0.6) is 0 Å². The maximum atomic E-state index is 4.00. The molecule has 14 heavy (non-hydrogen) atoms. The van der Waals surface area contributed by atoms with Crippen molar-refractivity contribution in [2.24, 2.45) is 11.8 Å². The maximum Gasteiger partial charge on any atom is 2.00 e. The fourth-order valence-electron chi connectivity index (χ4n) is 2.30. The largest absolute Gasteiger partial charge is 2.00 e. The van der Waals surface area contributed by atoms with Crippen LogP contribution in [0.1, 0.15) is 58.3 Å². The molecule has 0 aromatic rings. The molecule has 0 radical (unpaired) electrons. The Morgan fingerprint density at radius 2 is 1.57 bits per heavy atom. The van der Waals surface area contributed by atoms with Crippen LogP contribution >= 0.6 is 0 Å². The van der Waals surface area contributed by atoms with Gasteiger partial charge in [0, 0.05) is 0 Å². The minimum atomic E-state index is 0. The van der Waals surface area contributed by atoms with Gasteiger partial charge in [-0.25, -0.2) is 0 Å². The van der Waals surface area contributed by atoms with Crippen LogP contribution < -0.4 is 17.0 Å². The zero-order chi connectivity index (χ0) is 8.81. The molecule has 0 heterocycles. The molecule has 0 unspecified atom stereocenters. The molecule has 1 fully saturated rings. The van der Waals surface area contributed by atoms with E-state index >= 15 is 0 Å². The summed E-state index contributed by atoms with van der Waals surface area (Å²) in [6.07, 6.45) is 11.4. The summed E-state index contributed by atoms with van der Waals surface area (Å²) in [5.74, 6) is 2.02. The Kier molecular flexibility index (Phi) is 13.5. The van der Waals surface area contributed by atoms with Crippen molar-refractivity contribution in [2.45, 2.75) is 58.3 Å². The van der Waals surface area contributed by atoms with Gasteiger partial charge >= 0.3 is 23.1 Å². The van der Waals surface area contributed by atoms with Crippen molar-refractivity contribution in [1.82, 2.24) is 0 Å². The van der Waals surface area contributed by atoms with E-state index in [-0.39, 0.29) is 40.0 Å². The Hall–Kier alpha value is 1.25. The van der Waals surface area contributed by atoms with E-state index in [1.165, 1.54) is 51.4 Å². The Morgan fingerprint density at radius 1 is 1.07 bits per heavy atom. The van der Waals surface area contributed by atoms with Crippen molar-refractivity contribution >= 4 is 23.1 Å². The van der Waals surface area contributed by atoms with Crippen LogP contribution in [0, 0.1) is 18.8 Å². The summed E-state index contributed by atoms with van der Waals surface area (Å²) in [7, 11) is 0. The number of hydrogen-bond acceptors (Lipinski definition) is 0. The summed E-state index contributed by atoms with van der Waals surface area (Å²) in [5, 5.41) is 0. The molecule has 0 atom stereocenters. The smallest absolute Gasteiger partial charge is 1.00 e. The molecule has 80 valence electrons. The molecule has 0 N–H and O–H groups in total. The third kappa shape index (κ3) is 6.68. The molecule has 0 spiro atoms. The second-order valence-corrected chi connectivity index (χ2v) is 4.32. The van der Waals surface area contributed by atoms with E-state index in [1.54, 1.807) is 0 Å². The molecule has 1 aliphatic carbocycles. The predicted molar refractivity (Wildman–Crippen MR) is 60.7 cm³/mol. The number of halogens is 1. The van der Waals surface area contributed by atoms with Gasteiger partial charge in [0.05, 0.1) is 0 Å². The van der Waals surface area contributed by atoms with E-state index in [9.17, 15) is 0 Å². The Labute approximate surface area is 117 Å². The number of hydrogen-bond donors (Lipinski definition) is 0. The zero-order valence-corrected chi connectivity index (χ0v) is 12.6. The molecule has 0 saturated heterocycles. The van der Waals surface area contributed by atoms with Gasteiger partial charge in [-0.1, -0.05) is 57.8 Å². The normalized spacial score (nSPS) is 26.1. The first-order valence-electron chi connectivity index (χ1n) is 5.66. The van der Waals surface area contributed by atoms with Crippen LogP contribution in [-0.2, 0) is 0 Å². The van der Waals surface area contributed by atoms with Crippen LogP contribution in [0.2, 0.25) is 0 Å². The van der Waals surface area contributed by atoms with Crippen molar-refractivity contribution in [3.05, 3.63) is 6.92 Å². The quantitative estimate of drug-likeness (QED) is 0.525. The van der Waals surface area contributed by atoms with Gasteiger partial charge in [-0.15, -0.1) is 0 Å². The van der Waals surface area contributed by atoms with Crippen molar-refractivity contribution in [3.63, 3.8) is 0 Å². The molecule has 0 nitrogen and oxygen atoms in total. The van der Waals surface area contributed by atoms with E-state index in [0.29, 0.717) is 0 Å². The molecule has 0 amide bonds. The topological polar surface area (TPSA) is 0 Å². The summed E-state index contributed by atoms with van der Waals surface area (Å²) in [6.45, 7) is 6.29. The van der Waals surface area contributed by atoms with Gasteiger partial charge in [-0.3, -0.25) is 0 Å². The fourth-order valence-corrected chi connectivity index (χ4v) is 2.30. The molecule has 2 heteroatoms. The molecule has 0 aromatic heterocycles. The summed E-state index contributed by atoms with van der Waals surface area (Å²) < 4.78 is 0. The summed E-state index contributed by atoms with van der Waals surface area (Å²) in [5.41, 5.74) is 0. The molecule has 1 aliphatic rings. The van der Waals surface area contributed by atoms with E-state index < -0.39 is 0 Å². The molecular formula is C12H23BrMg. The third-order valence-corrected chi connectivity index (χ3v) is 3.34. The standard InChI is InChI=1S/C12H23.BrH.Mg/c1-3-5-6-12-9-7-11(4-2)8-10-12;;/h11-12H,2-10H2,1H3;1H;/q-1;;+2/p-1. The Bertz CT molecular complexity index is 109. The van der Waals surface area contributed by atoms with Crippen molar-refractivity contribution in [2.75, 3.05) is 0 Å². The van der Waals surface area contributed by atoms with E-state index in [1.807, 2.05) is 0 Å². The second kappa shape index (κ2) is 10.8. The van der Waals surface area contributed by atoms with Gasteiger partial charge in [0.25, 0.3) is 0 Å². The predicted octanol–water partition coefficient (Wildman–Crippen LogP) is 0.830. The average molecular weight is 272 g/mol. The Balaban J connectivity index is 0.